The first kappa shape index (κ1) is 12.6. The van der Waals surface area contributed by atoms with Crippen molar-refractivity contribution in [3.63, 3.8) is 0 Å². The van der Waals surface area contributed by atoms with Crippen LogP contribution in [0.5, 0.6) is 0 Å². The molecule has 1 aromatic carbocycles. The van der Waals surface area contributed by atoms with Gasteiger partial charge in [0.05, 0.1) is 22.6 Å². The third-order valence-electron chi connectivity index (χ3n) is 4.54. The lowest BCUT2D eigenvalue weighted by molar-refractivity contribution is 0.746. The molecule has 1 aliphatic rings. The van der Waals surface area contributed by atoms with Crippen LogP contribution in [-0.2, 0) is 0 Å². The van der Waals surface area contributed by atoms with Gasteiger partial charge in [-0.2, -0.15) is 5.10 Å². The molecule has 0 saturated heterocycles. The number of hydrogen-bond acceptors (Lipinski definition) is 3. The molecule has 0 bridgehead atoms. The van der Waals surface area contributed by atoms with Gasteiger partial charge in [-0.15, -0.1) is 0 Å². The lowest BCUT2D eigenvalue weighted by Gasteiger charge is -2.12. The lowest BCUT2D eigenvalue weighted by Crippen LogP contribution is -2.19. The van der Waals surface area contributed by atoms with Gasteiger partial charge in [0.15, 0.2) is 0 Å². The summed E-state index contributed by atoms with van der Waals surface area (Å²) < 4.78 is 1.94. The summed E-state index contributed by atoms with van der Waals surface area (Å²) in [7, 11) is 0. The van der Waals surface area contributed by atoms with E-state index >= 15 is 0 Å². The van der Waals surface area contributed by atoms with Gasteiger partial charge in [0.2, 0.25) is 0 Å². The molecule has 0 spiro atoms. The zero-order chi connectivity index (χ0) is 15.4. The van der Waals surface area contributed by atoms with Crippen molar-refractivity contribution in [2.24, 2.45) is 0 Å². The highest BCUT2D eigenvalue weighted by atomic mass is 16.1. The number of aromatic amines is 1. The normalized spacial score (nSPS) is 14.6. The largest absolute Gasteiger partial charge is 0.304 e. The Morgan fingerprint density at radius 2 is 1.87 bits per heavy atom. The molecule has 5 heteroatoms. The van der Waals surface area contributed by atoms with Gasteiger partial charge in [0.25, 0.3) is 5.56 Å². The number of rotatable bonds is 2. The Balaban J connectivity index is 1.90. The molecule has 1 fully saturated rings. The predicted octanol–water partition coefficient (Wildman–Crippen LogP) is 3.27. The number of benzene rings is 1. The maximum Gasteiger partial charge on any atom is 0.262 e. The van der Waals surface area contributed by atoms with Crippen LogP contribution in [0.3, 0.4) is 0 Å². The van der Waals surface area contributed by atoms with Crippen LogP contribution in [-0.4, -0.2) is 19.7 Å². The topological polar surface area (TPSA) is 63.6 Å². The number of hydrogen-bond donors (Lipinski definition) is 1. The second-order valence-electron chi connectivity index (χ2n) is 6.03. The molecule has 3 aromatic heterocycles. The summed E-state index contributed by atoms with van der Waals surface area (Å²) in [5, 5.41) is 8.75. The first-order valence-electron chi connectivity index (χ1n) is 7.74. The number of H-pyrrole nitrogens is 1. The molecular formula is C18H14N4O. The highest BCUT2D eigenvalue weighted by Gasteiger charge is 2.27. The fourth-order valence-corrected chi connectivity index (χ4v) is 3.25. The van der Waals surface area contributed by atoms with E-state index < -0.39 is 0 Å². The third-order valence-corrected chi connectivity index (χ3v) is 4.54. The van der Waals surface area contributed by atoms with Gasteiger partial charge in [0.1, 0.15) is 0 Å². The minimum absolute atomic E-state index is 0.0515. The molecule has 0 radical (unpaired) electrons. The Hall–Kier alpha value is -2.95. The van der Waals surface area contributed by atoms with Crippen LogP contribution in [0.15, 0.2) is 53.7 Å². The molecule has 0 unspecified atom stereocenters. The standard InChI is InChI=1S/C18H14N4O/c23-18-15-10-20-21-17(15)14-4-1-12(11-5-7-19-8-6-11)9-16(14)22(18)13-2-3-13/h1,4-10,13H,2-3H2,(H,20,21). The van der Waals surface area contributed by atoms with Crippen LogP contribution >= 0.6 is 0 Å². The highest BCUT2D eigenvalue weighted by molar-refractivity contribution is 6.04. The highest BCUT2D eigenvalue weighted by Crippen LogP contribution is 2.38. The molecule has 0 aliphatic heterocycles. The maximum atomic E-state index is 12.8. The Morgan fingerprint density at radius 3 is 2.65 bits per heavy atom. The van der Waals surface area contributed by atoms with Gasteiger partial charge >= 0.3 is 0 Å². The molecule has 112 valence electrons. The fourth-order valence-electron chi connectivity index (χ4n) is 3.25. The van der Waals surface area contributed by atoms with E-state index in [4.69, 9.17) is 0 Å². The van der Waals surface area contributed by atoms with Crippen molar-refractivity contribution in [2.45, 2.75) is 18.9 Å². The second kappa shape index (κ2) is 4.52. The second-order valence-corrected chi connectivity index (χ2v) is 6.03. The maximum absolute atomic E-state index is 12.8. The fraction of sp³-hybridized carbons (Fsp3) is 0.167. The number of fused-ring (bicyclic) bond motifs is 3. The zero-order valence-corrected chi connectivity index (χ0v) is 12.4. The number of nitrogens with one attached hydrogen (secondary N) is 1. The number of pyridine rings is 2. The minimum atomic E-state index is 0.0515. The zero-order valence-electron chi connectivity index (χ0n) is 12.4. The van der Waals surface area contributed by atoms with Gasteiger partial charge in [-0.3, -0.25) is 14.9 Å². The van der Waals surface area contributed by atoms with Crippen molar-refractivity contribution in [3.05, 3.63) is 59.3 Å². The van der Waals surface area contributed by atoms with E-state index in [1.807, 2.05) is 16.7 Å². The molecule has 0 atom stereocenters. The van der Waals surface area contributed by atoms with Crippen molar-refractivity contribution >= 4 is 21.8 Å². The molecule has 5 rings (SSSR count). The summed E-state index contributed by atoms with van der Waals surface area (Å²) in [5.74, 6) is 0. The van der Waals surface area contributed by atoms with E-state index in [1.165, 1.54) is 0 Å². The third kappa shape index (κ3) is 1.83. The molecule has 23 heavy (non-hydrogen) atoms. The quantitative estimate of drug-likeness (QED) is 0.618. The lowest BCUT2D eigenvalue weighted by atomic mass is 10.0. The van der Waals surface area contributed by atoms with Crippen molar-refractivity contribution in [1.29, 1.82) is 0 Å². The summed E-state index contributed by atoms with van der Waals surface area (Å²) >= 11 is 0. The molecule has 3 heterocycles. The van der Waals surface area contributed by atoms with Crippen LogP contribution in [0.4, 0.5) is 0 Å². The van der Waals surface area contributed by atoms with Crippen molar-refractivity contribution in [1.82, 2.24) is 19.7 Å². The van der Waals surface area contributed by atoms with Crippen LogP contribution < -0.4 is 5.56 Å². The first-order valence-corrected chi connectivity index (χ1v) is 7.74. The van der Waals surface area contributed by atoms with Crippen LogP contribution in [0, 0.1) is 0 Å². The van der Waals surface area contributed by atoms with Crippen LogP contribution in [0.2, 0.25) is 0 Å². The molecule has 0 amide bonds. The van der Waals surface area contributed by atoms with Gasteiger partial charge in [-0.25, -0.2) is 0 Å². The smallest absolute Gasteiger partial charge is 0.262 e. The van der Waals surface area contributed by atoms with E-state index in [1.54, 1.807) is 18.6 Å². The van der Waals surface area contributed by atoms with Gasteiger partial charge in [0, 0.05) is 23.8 Å². The predicted molar refractivity (Wildman–Crippen MR) is 89.4 cm³/mol. The Morgan fingerprint density at radius 1 is 1.04 bits per heavy atom. The van der Waals surface area contributed by atoms with E-state index in [0.29, 0.717) is 11.4 Å². The summed E-state index contributed by atoms with van der Waals surface area (Å²) in [5.41, 5.74) is 4.04. The molecule has 5 nitrogen and oxygen atoms in total. The Bertz CT molecular complexity index is 1090. The average Bonchev–Trinajstić information content (AvgIpc) is 3.30. The average molecular weight is 302 g/mol. The van der Waals surface area contributed by atoms with Gasteiger partial charge in [-0.05, 0) is 42.2 Å². The SMILES string of the molecule is O=c1c2cn[nH]c2c2ccc(-c3ccncc3)cc2n1C1CC1. The van der Waals surface area contributed by atoms with E-state index in [0.717, 1.165) is 40.4 Å². The van der Waals surface area contributed by atoms with E-state index in [2.05, 4.69) is 33.4 Å². The number of nitrogens with zero attached hydrogens (tertiary/aromatic N) is 3. The summed E-state index contributed by atoms with van der Waals surface area (Å²) in [6.07, 6.45) is 7.33. The van der Waals surface area contributed by atoms with Crippen molar-refractivity contribution in [3.8, 4) is 11.1 Å². The minimum Gasteiger partial charge on any atom is -0.304 e. The Kier molecular flexibility index (Phi) is 2.47. The number of aromatic nitrogens is 4. The molecule has 1 saturated carbocycles. The molecule has 1 aliphatic carbocycles. The molecular weight excluding hydrogens is 288 g/mol. The van der Waals surface area contributed by atoms with Crippen molar-refractivity contribution in [2.75, 3.05) is 0 Å². The molecule has 1 N–H and O–H groups in total. The Labute approximate surface area is 131 Å². The van der Waals surface area contributed by atoms with Gasteiger partial charge in [-0.1, -0.05) is 12.1 Å². The van der Waals surface area contributed by atoms with E-state index in [-0.39, 0.29) is 5.56 Å². The van der Waals surface area contributed by atoms with E-state index in [9.17, 15) is 4.79 Å². The van der Waals surface area contributed by atoms with Crippen molar-refractivity contribution < 1.29 is 0 Å². The summed E-state index contributed by atoms with van der Waals surface area (Å²) in [6.45, 7) is 0. The molecule has 4 aromatic rings. The monoisotopic (exact) mass is 302 g/mol. The summed E-state index contributed by atoms with van der Waals surface area (Å²) in [4.78, 5) is 16.9. The van der Waals surface area contributed by atoms with Crippen LogP contribution in [0.25, 0.3) is 32.9 Å². The van der Waals surface area contributed by atoms with Gasteiger partial charge < -0.3 is 4.57 Å². The first-order chi connectivity index (χ1) is 11.3. The van der Waals surface area contributed by atoms with Crippen LogP contribution in [0.1, 0.15) is 18.9 Å². The summed E-state index contributed by atoms with van der Waals surface area (Å²) in [6, 6.07) is 10.5.